The summed E-state index contributed by atoms with van der Waals surface area (Å²) in [6.07, 6.45) is 0.733. The van der Waals surface area contributed by atoms with Crippen molar-refractivity contribution in [1.29, 1.82) is 0 Å². The van der Waals surface area contributed by atoms with Gasteiger partial charge in [-0.25, -0.2) is 0 Å². The van der Waals surface area contributed by atoms with Crippen LogP contribution in [-0.4, -0.2) is 23.6 Å². The third kappa shape index (κ3) is 4.44. The van der Waals surface area contributed by atoms with Gasteiger partial charge in [-0.1, -0.05) is 26.0 Å². The van der Waals surface area contributed by atoms with Gasteiger partial charge in [0.2, 0.25) is 5.91 Å². The maximum absolute atomic E-state index is 11.6. The third-order valence-electron chi connectivity index (χ3n) is 2.67. The van der Waals surface area contributed by atoms with E-state index in [0.29, 0.717) is 6.54 Å². The van der Waals surface area contributed by atoms with Crippen molar-refractivity contribution in [2.45, 2.75) is 26.3 Å². The molecule has 0 aromatic heterocycles. The van der Waals surface area contributed by atoms with Gasteiger partial charge in [-0.15, -0.1) is 0 Å². The molecule has 0 aliphatic heterocycles. The van der Waals surface area contributed by atoms with Crippen molar-refractivity contribution in [2.24, 2.45) is 11.7 Å². The number of rotatable bonds is 5. The number of aromatic hydroxyl groups is 1. The Labute approximate surface area is 102 Å². The standard InChI is InChI=1S/C13H20N2O2/c1-9(2)12(14)13(17)15-8-7-10-3-5-11(16)6-4-10/h3-6,9,12,16H,7-8,14H2,1-2H3,(H,15,17)/t12-/m1/s1. The van der Waals surface area contributed by atoms with Crippen LogP contribution in [0.2, 0.25) is 0 Å². The van der Waals surface area contributed by atoms with E-state index in [-0.39, 0.29) is 17.6 Å². The molecule has 4 heteroatoms. The molecule has 1 atom stereocenters. The van der Waals surface area contributed by atoms with E-state index in [0.717, 1.165) is 12.0 Å². The average molecular weight is 236 g/mol. The topological polar surface area (TPSA) is 75.4 Å². The molecule has 4 N–H and O–H groups in total. The molecular weight excluding hydrogens is 216 g/mol. The quantitative estimate of drug-likeness (QED) is 0.715. The number of hydrogen-bond acceptors (Lipinski definition) is 3. The Morgan fingerprint density at radius 2 is 1.94 bits per heavy atom. The fourth-order valence-corrected chi connectivity index (χ4v) is 1.41. The highest BCUT2D eigenvalue weighted by Gasteiger charge is 2.16. The molecule has 0 heterocycles. The summed E-state index contributed by atoms with van der Waals surface area (Å²) in [5.41, 5.74) is 6.78. The van der Waals surface area contributed by atoms with E-state index in [1.807, 2.05) is 26.0 Å². The second-order valence-corrected chi connectivity index (χ2v) is 4.48. The Kier molecular flexibility index (Phi) is 4.97. The summed E-state index contributed by atoms with van der Waals surface area (Å²) in [4.78, 5) is 11.6. The van der Waals surface area contributed by atoms with Gasteiger partial charge >= 0.3 is 0 Å². The molecule has 0 unspecified atom stereocenters. The lowest BCUT2D eigenvalue weighted by Crippen LogP contribution is -2.44. The fourth-order valence-electron chi connectivity index (χ4n) is 1.41. The van der Waals surface area contributed by atoms with E-state index in [1.165, 1.54) is 0 Å². The van der Waals surface area contributed by atoms with Crippen LogP contribution < -0.4 is 11.1 Å². The van der Waals surface area contributed by atoms with Gasteiger partial charge in [0.25, 0.3) is 0 Å². The van der Waals surface area contributed by atoms with Gasteiger partial charge in [0, 0.05) is 6.54 Å². The van der Waals surface area contributed by atoms with Crippen molar-refractivity contribution in [3.8, 4) is 5.75 Å². The average Bonchev–Trinajstić information content (AvgIpc) is 2.30. The summed E-state index contributed by atoms with van der Waals surface area (Å²) in [5.74, 6) is 0.280. The Morgan fingerprint density at radius 3 is 2.47 bits per heavy atom. The molecule has 0 saturated carbocycles. The maximum atomic E-state index is 11.6. The molecule has 94 valence electrons. The minimum Gasteiger partial charge on any atom is -0.508 e. The molecule has 0 saturated heterocycles. The van der Waals surface area contributed by atoms with Gasteiger partial charge in [0.1, 0.15) is 5.75 Å². The van der Waals surface area contributed by atoms with Crippen molar-refractivity contribution in [3.63, 3.8) is 0 Å². The van der Waals surface area contributed by atoms with Gasteiger partial charge in [-0.3, -0.25) is 4.79 Å². The monoisotopic (exact) mass is 236 g/mol. The second-order valence-electron chi connectivity index (χ2n) is 4.48. The van der Waals surface area contributed by atoms with Crippen LogP contribution in [0.5, 0.6) is 5.75 Å². The molecule has 0 aliphatic carbocycles. The molecule has 4 nitrogen and oxygen atoms in total. The van der Waals surface area contributed by atoms with Crippen LogP contribution in [0.15, 0.2) is 24.3 Å². The van der Waals surface area contributed by atoms with Gasteiger partial charge in [-0.2, -0.15) is 0 Å². The molecular formula is C13H20N2O2. The zero-order valence-corrected chi connectivity index (χ0v) is 10.3. The number of nitrogens with two attached hydrogens (primary N) is 1. The van der Waals surface area contributed by atoms with E-state index in [2.05, 4.69) is 5.32 Å². The molecule has 0 bridgehead atoms. The molecule has 1 amide bonds. The number of phenols is 1. The zero-order valence-electron chi connectivity index (χ0n) is 10.3. The summed E-state index contributed by atoms with van der Waals surface area (Å²) < 4.78 is 0. The number of hydrogen-bond donors (Lipinski definition) is 3. The normalized spacial score (nSPS) is 12.5. The first-order valence-electron chi connectivity index (χ1n) is 5.82. The first-order valence-corrected chi connectivity index (χ1v) is 5.82. The van der Waals surface area contributed by atoms with E-state index in [9.17, 15) is 4.79 Å². The lowest BCUT2D eigenvalue weighted by atomic mass is 10.0. The van der Waals surface area contributed by atoms with Gasteiger partial charge in [-0.05, 0) is 30.0 Å². The number of benzene rings is 1. The summed E-state index contributed by atoms with van der Waals surface area (Å²) >= 11 is 0. The molecule has 0 aliphatic rings. The Bertz CT molecular complexity index is 360. The predicted molar refractivity (Wildman–Crippen MR) is 67.6 cm³/mol. The number of carbonyl (C=O) groups is 1. The second kappa shape index (κ2) is 6.25. The molecule has 17 heavy (non-hydrogen) atoms. The number of amides is 1. The molecule has 1 rings (SSSR count). The predicted octanol–water partition coefficient (Wildman–Crippen LogP) is 1.03. The number of nitrogens with one attached hydrogen (secondary N) is 1. The summed E-state index contributed by atoms with van der Waals surface area (Å²) in [5, 5.41) is 11.9. The van der Waals surface area contributed by atoms with Gasteiger partial charge in [0.05, 0.1) is 6.04 Å². The first-order chi connectivity index (χ1) is 8.00. The van der Waals surface area contributed by atoms with Crippen molar-refractivity contribution >= 4 is 5.91 Å². The van der Waals surface area contributed by atoms with Crippen LogP contribution in [0.4, 0.5) is 0 Å². The molecule has 1 aromatic rings. The van der Waals surface area contributed by atoms with Crippen LogP contribution in [0.1, 0.15) is 19.4 Å². The summed E-state index contributed by atoms with van der Waals surface area (Å²) in [7, 11) is 0. The number of carbonyl (C=O) groups excluding carboxylic acids is 1. The first kappa shape index (κ1) is 13.5. The van der Waals surface area contributed by atoms with E-state index in [4.69, 9.17) is 10.8 Å². The minimum atomic E-state index is -0.449. The lowest BCUT2D eigenvalue weighted by molar-refractivity contribution is -0.123. The van der Waals surface area contributed by atoms with Crippen LogP contribution >= 0.6 is 0 Å². The Hall–Kier alpha value is -1.55. The molecule has 1 aromatic carbocycles. The molecule has 0 radical (unpaired) electrons. The van der Waals surface area contributed by atoms with Crippen LogP contribution in [0.25, 0.3) is 0 Å². The zero-order chi connectivity index (χ0) is 12.8. The Balaban J connectivity index is 2.33. The van der Waals surface area contributed by atoms with E-state index < -0.39 is 6.04 Å². The van der Waals surface area contributed by atoms with E-state index >= 15 is 0 Å². The lowest BCUT2D eigenvalue weighted by Gasteiger charge is -2.15. The molecule has 0 fully saturated rings. The fraction of sp³-hybridized carbons (Fsp3) is 0.462. The number of phenolic OH excluding ortho intramolecular Hbond substituents is 1. The highest BCUT2D eigenvalue weighted by molar-refractivity contribution is 5.81. The van der Waals surface area contributed by atoms with Crippen molar-refractivity contribution in [3.05, 3.63) is 29.8 Å². The minimum absolute atomic E-state index is 0.112. The molecule has 0 spiro atoms. The maximum Gasteiger partial charge on any atom is 0.237 e. The largest absolute Gasteiger partial charge is 0.508 e. The third-order valence-corrected chi connectivity index (χ3v) is 2.67. The highest BCUT2D eigenvalue weighted by atomic mass is 16.3. The van der Waals surface area contributed by atoms with Crippen LogP contribution in [0, 0.1) is 5.92 Å². The highest BCUT2D eigenvalue weighted by Crippen LogP contribution is 2.09. The van der Waals surface area contributed by atoms with Crippen LogP contribution in [-0.2, 0) is 11.2 Å². The van der Waals surface area contributed by atoms with Crippen molar-refractivity contribution in [1.82, 2.24) is 5.32 Å². The van der Waals surface area contributed by atoms with Crippen LogP contribution in [0.3, 0.4) is 0 Å². The van der Waals surface area contributed by atoms with Gasteiger partial charge < -0.3 is 16.2 Å². The van der Waals surface area contributed by atoms with Crippen molar-refractivity contribution < 1.29 is 9.90 Å². The Morgan fingerprint density at radius 1 is 1.35 bits per heavy atom. The van der Waals surface area contributed by atoms with Gasteiger partial charge in [0.15, 0.2) is 0 Å². The van der Waals surface area contributed by atoms with E-state index in [1.54, 1.807) is 12.1 Å². The summed E-state index contributed by atoms with van der Waals surface area (Å²) in [6.45, 7) is 4.40. The van der Waals surface area contributed by atoms with Crippen molar-refractivity contribution in [2.75, 3.05) is 6.54 Å². The summed E-state index contributed by atoms with van der Waals surface area (Å²) in [6, 6.07) is 6.50. The SMILES string of the molecule is CC(C)[C@@H](N)C(=O)NCCc1ccc(O)cc1. The smallest absolute Gasteiger partial charge is 0.237 e.